The fraction of sp³-hybridized carbons (Fsp3) is 0.364. The average molecular weight is 474 g/mol. The molecule has 10 heteroatoms. The van der Waals surface area contributed by atoms with Crippen molar-refractivity contribution in [3.8, 4) is 11.3 Å². The third-order valence-electron chi connectivity index (χ3n) is 5.39. The molecule has 1 unspecified atom stereocenters. The van der Waals surface area contributed by atoms with Gasteiger partial charge in [-0.2, -0.15) is 0 Å². The van der Waals surface area contributed by atoms with Crippen molar-refractivity contribution in [1.82, 2.24) is 14.9 Å². The van der Waals surface area contributed by atoms with Crippen molar-refractivity contribution in [3.63, 3.8) is 0 Å². The van der Waals surface area contributed by atoms with Crippen LogP contribution in [0.2, 0.25) is 0 Å². The van der Waals surface area contributed by atoms with Crippen LogP contribution in [0, 0.1) is 25.6 Å². The minimum absolute atomic E-state index is 0.0960. The lowest BCUT2D eigenvalue weighted by Crippen LogP contribution is -2.43. The second-order valence-corrected chi connectivity index (χ2v) is 9.88. The Balaban J connectivity index is 1.30. The summed E-state index contributed by atoms with van der Waals surface area (Å²) in [5.41, 5.74) is 2.41. The molecule has 1 aromatic carbocycles. The number of carbonyl (C=O) groups excluding carboxylic acids is 2. The molecule has 0 bridgehead atoms. The van der Waals surface area contributed by atoms with Crippen molar-refractivity contribution in [2.75, 3.05) is 30.3 Å². The monoisotopic (exact) mass is 473 g/mol. The van der Waals surface area contributed by atoms with E-state index in [0.29, 0.717) is 22.5 Å². The summed E-state index contributed by atoms with van der Waals surface area (Å²) in [6.07, 6.45) is 1.62. The largest absolute Gasteiger partial charge is 0.302 e. The number of anilines is 2. The molecular formula is C22H24FN5O2S2. The standard InChI is InChI=1S/C22H24FN5O2S2/c1-13-14(2)32-22(24-13)26-19(29)11-28-9-3-4-16(10-28)20(30)27-21-25-18(12-31-21)15-5-7-17(23)8-6-15/h5-8,12,16H,3-4,9-11H2,1-2H3,(H,24,26,29)(H,25,27,30). The molecule has 3 heterocycles. The first-order valence-electron chi connectivity index (χ1n) is 10.4. The van der Waals surface area contributed by atoms with Crippen molar-refractivity contribution < 1.29 is 14.0 Å². The molecule has 0 radical (unpaired) electrons. The van der Waals surface area contributed by atoms with Crippen molar-refractivity contribution in [1.29, 1.82) is 0 Å². The van der Waals surface area contributed by atoms with Gasteiger partial charge in [0.15, 0.2) is 10.3 Å². The van der Waals surface area contributed by atoms with Crippen molar-refractivity contribution in [2.24, 2.45) is 5.92 Å². The van der Waals surface area contributed by atoms with E-state index in [1.807, 2.05) is 24.1 Å². The first kappa shape index (κ1) is 22.5. The number of hydrogen-bond donors (Lipinski definition) is 2. The number of thiazole rings is 2. The maximum atomic E-state index is 13.1. The number of piperidine rings is 1. The van der Waals surface area contributed by atoms with Gasteiger partial charge in [0.25, 0.3) is 0 Å². The minimum atomic E-state index is -0.301. The van der Waals surface area contributed by atoms with Crippen LogP contribution in [0.15, 0.2) is 29.6 Å². The predicted molar refractivity (Wildman–Crippen MR) is 126 cm³/mol. The van der Waals surface area contributed by atoms with E-state index in [2.05, 4.69) is 20.6 Å². The zero-order valence-electron chi connectivity index (χ0n) is 17.9. The van der Waals surface area contributed by atoms with E-state index in [4.69, 9.17) is 0 Å². The summed E-state index contributed by atoms with van der Waals surface area (Å²) in [5, 5.41) is 8.70. The summed E-state index contributed by atoms with van der Waals surface area (Å²) in [4.78, 5) is 37.1. The van der Waals surface area contributed by atoms with Gasteiger partial charge in [-0.15, -0.1) is 22.7 Å². The molecular weight excluding hydrogens is 449 g/mol. The Hall–Kier alpha value is -2.69. The highest BCUT2D eigenvalue weighted by Gasteiger charge is 2.27. The molecule has 7 nitrogen and oxygen atoms in total. The van der Waals surface area contributed by atoms with Gasteiger partial charge in [-0.05, 0) is 57.5 Å². The molecule has 168 valence electrons. The van der Waals surface area contributed by atoms with Gasteiger partial charge < -0.3 is 10.6 Å². The quantitative estimate of drug-likeness (QED) is 0.557. The van der Waals surface area contributed by atoms with Crippen LogP contribution in [-0.2, 0) is 9.59 Å². The lowest BCUT2D eigenvalue weighted by Gasteiger charge is -2.31. The minimum Gasteiger partial charge on any atom is -0.302 e. The SMILES string of the molecule is Cc1nc(NC(=O)CN2CCCC(C(=O)Nc3nc(-c4ccc(F)cc4)cs3)C2)sc1C. The van der Waals surface area contributed by atoms with Crippen molar-refractivity contribution >= 4 is 44.8 Å². The molecule has 0 saturated carbocycles. The molecule has 32 heavy (non-hydrogen) atoms. The third kappa shape index (κ3) is 5.56. The van der Waals surface area contributed by atoms with Gasteiger partial charge in [-0.3, -0.25) is 14.5 Å². The Morgan fingerprint density at radius 3 is 2.66 bits per heavy atom. The van der Waals surface area contributed by atoms with Crippen LogP contribution in [0.4, 0.5) is 14.7 Å². The summed E-state index contributed by atoms with van der Waals surface area (Å²) in [6.45, 7) is 5.42. The number of benzene rings is 1. The van der Waals surface area contributed by atoms with Crippen LogP contribution in [0.25, 0.3) is 11.3 Å². The second kappa shape index (κ2) is 9.85. The van der Waals surface area contributed by atoms with E-state index >= 15 is 0 Å². The number of nitrogens with zero attached hydrogens (tertiary/aromatic N) is 3. The highest BCUT2D eigenvalue weighted by Crippen LogP contribution is 2.26. The zero-order chi connectivity index (χ0) is 22.7. The van der Waals surface area contributed by atoms with E-state index in [0.717, 1.165) is 35.5 Å². The Morgan fingerprint density at radius 2 is 1.94 bits per heavy atom. The molecule has 2 aromatic heterocycles. The Morgan fingerprint density at radius 1 is 1.16 bits per heavy atom. The number of aryl methyl sites for hydroxylation is 2. The fourth-order valence-electron chi connectivity index (χ4n) is 3.59. The van der Waals surface area contributed by atoms with Gasteiger partial charge in [0.05, 0.1) is 23.9 Å². The summed E-state index contributed by atoms with van der Waals surface area (Å²) >= 11 is 2.80. The molecule has 1 saturated heterocycles. The van der Waals surface area contributed by atoms with Crippen LogP contribution < -0.4 is 10.6 Å². The normalized spacial score (nSPS) is 16.7. The topological polar surface area (TPSA) is 87.2 Å². The first-order chi connectivity index (χ1) is 15.4. The maximum absolute atomic E-state index is 13.1. The summed E-state index contributed by atoms with van der Waals surface area (Å²) in [5.74, 6) is -0.728. The summed E-state index contributed by atoms with van der Waals surface area (Å²) < 4.78 is 13.1. The van der Waals surface area contributed by atoms with Gasteiger partial charge in [-0.1, -0.05) is 0 Å². The number of halogens is 1. The van der Waals surface area contributed by atoms with Crippen LogP contribution in [-0.4, -0.2) is 46.3 Å². The van der Waals surface area contributed by atoms with Crippen molar-refractivity contribution in [3.05, 3.63) is 46.0 Å². The Bertz CT molecular complexity index is 1090. The van der Waals surface area contributed by atoms with Crippen LogP contribution >= 0.6 is 22.7 Å². The Kier molecular flexibility index (Phi) is 6.92. The maximum Gasteiger partial charge on any atom is 0.240 e. The molecule has 1 fully saturated rings. The molecule has 4 rings (SSSR count). The highest BCUT2D eigenvalue weighted by molar-refractivity contribution is 7.15. The zero-order valence-corrected chi connectivity index (χ0v) is 19.5. The van der Waals surface area contributed by atoms with E-state index in [9.17, 15) is 14.0 Å². The molecule has 1 atom stereocenters. The third-order valence-corrected chi connectivity index (χ3v) is 7.14. The lowest BCUT2D eigenvalue weighted by molar-refractivity contribution is -0.123. The highest BCUT2D eigenvalue weighted by atomic mass is 32.1. The number of rotatable bonds is 6. The molecule has 2 N–H and O–H groups in total. The van der Waals surface area contributed by atoms with Crippen LogP contribution in [0.3, 0.4) is 0 Å². The van der Waals surface area contributed by atoms with E-state index in [-0.39, 0.29) is 30.1 Å². The van der Waals surface area contributed by atoms with E-state index < -0.39 is 0 Å². The van der Waals surface area contributed by atoms with Gasteiger partial charge in [0.2, 0.25) is 11.8 Å². The summed E-state index contributed by atoms with van der Waals surface area (Å²) in [6, 6.07) is 6.09. The number of carbonyl (C=O) groups is 2. The molecule has 1 aliphatic heterocycles. The summed E-state index contributed by atoms with van der Waals surface area (Å²) in [7, 11) is 0. The van der Waals surface area contributed by atoms with Crippen LogP contribution in [0.5, 0.6) is 0 Å². The van der Waals surface area contributed by atoms with Gasteiger partial charge in [0, 0.05) is 22.4 Å². The number of amides is 2. The second-order valence-electron chi connectivity index (χ2n) is 7.82. The average Bonchev–Trinajstić information content (AvgIpc) is 3.34. The number of nitrogens with one attached hydrogen (secondary N) is 2. The number of aromatic nitrogens is 2. The van der Waals surface area contributed by atoms with Gasteiger partial charge in [-0.25, -0.2) is 14.4 Å². The van der Waals surface area contributed by atoms with Gasteiger partial charge in [0.1, 0.15) is 5.82 Å². The van der Waals surface area contributed by atoms with E-state index in [1.165, 1.54) is 34.8 Å². The Labute approximate surface area is 193 Å². The molecule has 1 aliphatic rings. The van der Waals surface area contributed by atoms with Crippen molar-refractivity contribution in [2.45, 2.75) is 26.7 Å². The molecule has 0 spiro atoms. The fourth-order valence-corrected chi connectivity index (χ4v) is 5.15. The number of likely N-dealkylation sites (tertiary alicyclic amines) is 1. The van der Waals surface area contributed by atoms with Crippen LogP contribution in [0.1, 0.15) is 23.4 Å². The number of hydrogen-bond acceptors (Lipinski definition) is 7. The molecule has 0 aliphatic carbocycles. The smallest absolute Gasteiger partial charge is 0.240 e. The first-order valence-corrected chi connectivity index (χ1v) is 12.1. The van der Waals surface area contributed by atoms with E-state index in [1.54, 1.807) is 12.1 Å². The molecule has 2 amide bonds. The predicted octanol–water partition coefficient (Wildman–Crippen LogP) is 4.31. The van der Waals surface area contributed by atoms with Gasteiger partial charge >= 0.3 is 0 Å². The lowest BCUT2D eigenvalue weighted by atomic mass is 9.97. The molecule has 3 aromatic rings.